The summed E-state index contributed by atoms with van der Waals surface area (Å²) in [7, 11) is 1.41. The Morgan fingerprint density at radius 1 is 1.31 bits per heavy atom. The van der Waals surface area contributed by atoms with E-state index in [1.54, 1.807) is 6.92 Å². The molecule has 1 heterocycles. The van der Waals surface area contributed by atoms with E-state index in [9.17, 15) is 10.2 Å². The van der Waals surface area contributed by atoms with Crippen molar-refractivity contribution in [1.29, 1.82) is 0 Å². The van der Waals surface area contributed by atoms with Crippen LogP contribution in [0.15, 0.2) is 0 Å². The molecular weight excluding hydrogens is 176 g/mol. The van der Waals surface area contributed by atoms with Crippen LogP contribution in [-0.2, 0) is 9.47 Å². The molecule has 1 saturated heterocycles. The maximum absolute atomic E-state index is 9.53. The third-order valence-electron chi connectivity index (χ3n) is 2.46. The first kappa shape index (κ1) is 10.9. The van der Waals surface area contributed by atoms with E-state index in [1.165, 1.54) is 7.11 Å². The predicted octanol–water partition coefficient (Wildman–Crippen LogP) is -1.29. The maximum Gasteiger partial charge on any atom is 0.183 e. The quantitative estimate of drug-likeness (QED) is 0.507. The predicted molar refractivity (Wildman–Crippen MR) is 43.9 cm³/mol. The molecule has 1 fully saturated rings. The van der Waals surface area contributed by atoms with Crippen molar-refractivity contribution in [3.63, 3.8) is 0 Å². The molecule has 0 radical (unpaired) electrons. The van der Waals surface area contributed by atoms with E-state index in [-0.39, 0.29) is 12.5 Å². The van der Waals surface area contributed by atoms with Gasteiger partial charge in [0, 0.05) is 13.0 Å². The van der Waals surface area contributed by atoms with Crippen molar-refractivity contribution in [1.82, 2.24) is 0 Å². The molecule has 0 bridgehead atoms. The molecule has 0 aromatic rings. The number of hydrogen-bond acceptors (Lipinski definition) is 5. The number of hydrogen-bond donors (Lipinski definition) is 3. The highest BCUT2D eigenvalue weighted by Gasteiger charge is 2.41. The summed E-state index contributed by atoms with van der Waals surface area (Å²) in [5, 5.41) is 27.9. The van der Waals surface area contributed by atoms with Crippen LogP contribution in [0.5, 0.6) is 0 Å². The van der Waals surface area contributed by atoms with Crippen LogP contribution < -0.4 is 0 Å². The summed E-state index contributed by atoms with van der Waals surface area (Å²) in [6.07, 6.45) is -3.16. The lowest BCUT2D eigenvalue weighted by Crippen LogP contribution is -2.54. The SMILES string of the molecule is CO[C@H]1O[C@H](CO)[C@@H](O)C(C)[C@H]1O. The van der Waals surface area contributed by atoms with Crippen LogP contribution >= 0.6 is 0 Å². The number of aliphatic hydroxyl groups excluding tert-OH is 3. The second-order valence-electron chi connectivity index (χ2n) is 3.30. The highest BCUT2D eigenvalue weighted by molar-refractivity contribution is 4.86. The van der Waals surface area contributed by atoms with Gasteiger partial charge in [-0.25, -0.2) is 0 Å². The van der Waals surface area contributed by atoms with Crippen molar-refractivity contribution >= 4 is 0 Å². The highest BCUT2D eigenvalue weighted by atomic mass is 16.7. The standard InChI is InChI=1S/C8H16O5/c1-4-6(10)5(3-9)13-8(12-2)7(4)11/h4-11H,3H2,1-2H3/t4?,5-,6+,7-,8+/m1/s1. The van der Waals surface area contributed by atoms with Gasteiger partial charge >= 0.3 is 0 Å². The summed E-state index contributed by atoms with van der Waals surface area (Å²) in [6.45, 7) is 1.41. The summed E-state index contributed by atoms with van der Waals surface area (Å²) in [6, 6.07) is 0. The van der Waals surface area contributed by atoms with Crippen LogP contribution in [0, 0.1) is 5.92 Å². The van der Waals surface area contributed by atoms with Gasteiger partial charge in [-0.05, 0) is 0 Å². The van der Waals surface area contributed by atoms with Crippen LogP contribution in [0.2, 0.25) is 0 Å². The minimum Gasteiger partial charge on any atom is -0.394 e. The number of methoxy groups -OCH3 is 1. The van der Waals surface area contributed by atoms with Crippen LogP contribution in [0.1, 0.15) is 6.92 Å². The molecule has 0 amide bonds. The zero-order chi connectivity index (χ0) is 10.0. The van der Waals surface area contributed by atoms with Gasteiger partial charge in [0.25, 0.3) is 0 Å². The topological polar surface area (TPSA) is 79.2 Å². The number of ether oxygens (including phenoxy) is 2. The van der Waals surface area contributed by atoms with E-state index in [0.29, 0.717) is 0 Å². The lowest BCUT2D eigenvalue weighted by molar-refractivity contribution is -0.280. The van der Waals surface area contributed by atoms with Crippen molar-refractivity contribution in [2.24, 2.45) is 5.92 Å². The molecule has 1 unspecified atom stereocenters. The Hall–Kier alpha value is -0.200. The molecule has 0 aliphatic carbocycles. The molecule has 1 aliphatic heterocycles. The van der Waals surface area contributed by atoms with E-state index in [1.807, 2.05) is 0 Å². The Labute approximate surface area is 76.9 Å². The monoisotopic (exact) mass is 192 g/mol. The highest BCUT2D eigenvalue weighted by Crippen LogP contribution is 2.25. The smallest absolute Gasteiger partial charge is 0.183 e. The minimum atomic E-state index is -0.859. The van der Waals surface area contributed by atoms with E-state index in [0.717, 1.165) is 0 Å². The maximum atomic E-state index is 9.53. The van der Waals surface area contributed by atoms with E-state index >= 15 is 0 Å². The van der Waals surface area contributed by atoms with Crippen molar-refractivity contribution < 1.29 is 24.8 Å². The van der Waals surface area contributed by atoms with Crippen molar-refractivity contribution in [3.8, 4) is 0 Å². The number of aliphatic hydroxyl groups is 3. The van der Waals surface area contributed by atoms with Crippen LogP contribution in [0.25, 0.3) is 0 Å². The van der Waals surface area contributed by atoms with Gasteiger partial charge in [-0.1, -0.05) is 6.92 Å². The van der Waals surface area contributed by atoms with Crippen molar-refractivity contribution in [2.75, 3.05) is 13.7 Å². The number of rotatable bonds is 2. The molecule has 1 rings (SSSR count). The Morgan fingerprint density at radius 3 is 2.38 bits per heavy atom. The Balaban J connectivity index is 2.66. The molecule has 13 heavy (non-hydrogen) atoms. The zero-order valence-corrected chi connectivity index (χ0v) is 7.75. The Bertz CT molecular complexity index is 143. The zero-order valence-electron chi connectivity index (χ0n) is 7.75. The summed E-state index contributed by atoms with van der Waals surface area (Å²) in [5.41, 5.74) is 0. The van der Waals surface area contributed by atoms with Gasteiger partial charge in [-0.15, -0.1) is 0 Å². The van der Waals surface area contributed by atoms with Crippen LogP contribution in [0.4, 0.5) is 0 Å². The summed E-state index contributed by atoms with van der Waals surface area (Å²) >= 11 is 0. The molecule has 1 aliphatic rings. The van der Waals surface area contributed by atoms with Gasteiger partial charge in [-0.3, -0.25) is 0 Å². The third-order valence-corrected chi connectivity index (χ3v) is 2.46. The molecule has 0 saturated carbocycles. The first-order valence-corrected chi connectivity index (χ1v) is 4.27. The van der Waals surface area contributed by atoms with E-state index in [2.05, 4.69) is 0 Å². The molecule has 5 atom stereocenters. The minimum absolute atomic E-state index is 0.280. The fourth-order valence-electron chi connectivity index (χ4n) is 1.47. The Kier molecular flexibility index (Phi) is 3.63. The van der Waals surface area contributed by atoms with E-state index in [4.69, 9.17) is 14.6 Å². The fraction of sp³-hybridized carbons (Fsp3) is 1.00. The molecule has 5 nitrogen and oxygen atoms in total. The fourth-order valence-corrected chi connectivity index (χ4v) is 1.47. The molecule has 0 aromatic heterocycles. The summed E-state index contributed by atoms with van der Waals surface area (Å²) in [5.74, 6) is -0.365. The average Bonchev–Trinajstić information content (AvgIpc) is 2.15. The summed E-state index contributed by atoms with van der Waals surface area (Å²) < 4.78 is 9.97. The van der Waals surface area contributed by atoms with Crippen LogP contribution in [0.3, 0.4) is 0 Å². The molecule has 0 spiro atoms. The molecule has 3 N–H and O–H groups in total. The third kappa shape index (κ3) is 2.00. The van der Waals surface area contributed by atoms with Crippen molar-refractivity contribution in [2.45, 2.75) is 31.5 Å². The second kappa shape index (κ2) is 4.34. The lowest BCUT2D eigenvalue weighted by Gasteiger charge is -2.40. The molecule has 5 heteroatoms. The average molecular weight is 192 g/mol. The van der Waals surface area contributed by atoms with Gasteiger partial charge in [0.2, 0.25) is 0 Å². The molecular formula is C8H16O5. The van der Waals surface area contributed by atoms with Gasteiger partial charge in [0.1, 0.15) is 12.2 Å². The lowest BCUT2D eigenvalue weighted by atomic mass is 9.91. The van der Waals surface area contributed by atoms with Crippen LogP contribution in [-0.4, -0.2) is 53.6 Å². The Morgan fingerprint density at radius 2 is 1.92 bits per heavy atom. The van der Waals surface area contributed by atoms with Gasteiger partial charge in [-0.2, -0.15) is 0 Å². The van der Waals surface area contributed by atoms with Crippen molar-refractivity contribution in [3.05, 3.63) is 0 Å². The summed E-state index contributed by atoms with van der Waals surface area (Å²) in [4.78, 5) is 0. The van der Waals surface area contributed by atoms with E-state index < -0.39 is 24.6 Å². The second-order valence-corrected chi connectivity index (χ2v) is 3.30. The van der Waals surface area contributed by atoms with Gasteiger partial charge in [0.15, 0.2) is 6.29 Å². The molecule has 78 valence electrons. The largest absolute Gasteiger partial charge is 0.394 e. The van der Waals surface area contributed by atoms with Gasteiger partial charge < -0.3 is 24.8 Å². The first-order chi connectivity index (χ1) is 6.11. The first-order valence-electron chi connectivity index (χ1n) is 4.27. The molecule has 0 aromatic carbocycles. The van der Waals surface area contributed by atoms with Gasteiger partial charge in [0.05, 0.1) is 12.7 Å². The normalized spacial score (nSPS) is 46.4.